The Morgan fingerprint density at radius 3 is 1.79 bits per heavy atom. The Morgan fingerprint density at radius 1 is 0.758 bits per heavy atom. The van der Waals surface area contributed by atoms with Gasteiger partial charge in [0, 0.05) is 19.4 Å². The fraction of sp³-hybridized carbons (Fsp3) is 0.821. The van der Waals surface area contributed by atoms with Crippen LogP contribution in [0, 0.1) is 5.41 Å². The molecule has 5 nitrogen and oxygen atoms in total. The summed E-state index contributed by atoms with van der Waals surface area (Å²) in [6.45, 7) is 9.83. The molecule has 0 aromatic heterocycles. The molecule has 0 aliphatic heterocycles. The summed E-state index contributed by atoms with van der Waals surface area (Å²) >= 11 is 0. The average molecular weight is 465 g/mol. The molecule has 0 aromatic carbocycles. The van der Waals surface area contributed by atoms with Crippen molar-refractivity contribution in [2.45, 2.75) is 137 Å². The second-order valence-corrected chi connectivity index (χ2v) is 10.6. The van der Waals surface area contributed by atoms with Gasteiger partial charge in [-0.15, -0.1) is 0 Å². The first kappa shape index (κ1) is 31.4. The van der Waals surface area contributed by atoms with E-state index in [-0.39, 0.29) is 29.6 Å². The number of carbonyl (C=O) groups excluding carboxylic acids is 3. The number of amides is 2. The Balaban J connectivity index is 3.75. The molecule has 0 aromatic rings. The van der Waals surface area contributed by atoms with Crippen molar-refractivity contribution < 1.29 is 14.4 Å². The first-order valence-corrected chi connectivity index (χ1v) is 13.4. The standard InChI is InChI=1S/C28H52N2O3/c1-6-7-8-9-10-11-12-13-14-15-16-17-18-19-20-21-26(32)30-25(24(2)31)23-29-27(33)22-28(3,4)5/h13-14,25H,6-12,15-23H2,1-5H3,(H,29,33)(H,30,32)/b14-13-/t25-/m0/s1. The molecule has 192 valence electrons. The van der Waals surface area contributed by atoms with Crippen molar-refractivity contribution >= 4 is 17.6 Å². The number of rotatable bonds is 20. The summed E-state index contributed by atoms with van der Waals surface area (Å²) in [6, 6.07) is -0.649. The Bertz CT molecular complexity index is 564. The fourth-order valence-electron chi connectivity index (χ4n) is 3.68. The van der Waals surface area contributed by atoms with E-state index in [1.54, 1.807) is 0 Å². The van der Waals surface area contributed by atoms with Gasteiger partial charge in [0.05, 0.1) is 0 Å². The molecule has 0 aliphatic rings. The summed E-state index contributed by atoms with van der Waals surface area (Å²) in [6.07, 6.45) is 21.4. The number of Topliss-reactive ketones (excluding diaryl/α,β-unsaturated/α-hetero) is 1. The zero-order chi connectivity index (χ0) is 25.0. The molecule has 0 aliphatic carbocycles. The van der Waals surface area contributed by atoms with Crippen LogP contribution in [0.3, 0.4) is 0 Å². The molecule has 2 N–H and O–H groups in total. The smallest absolute Gasteiger partial charge is 0.220 e. The molecule has 1 atom stereocenters. The third kappa shape index (κ3) is 21.9. The van der Waals surface area contributed by atoms with E-state index in [1.165, 1.54) is 64.7 Å². The van der Waals surface area contributed by atoms with Gasteiger partial charge in [-0.2, -0.15) is 0 Å². The van der Waals surface area contributed by atoms with Crippen molar-refractivity contribution in [2.75, 3.05) is 6.54 Å². The van der Waals surface area contributed by atoms with Crippen LogP contribution in [0.2, 0.25) is 0 Å². The van der Waals surface area contributed by atoms with Crippen LogP contribution in [0.25, 0.3) is 0 Å². The minimum Gasteiger partial charge on any atom is -0.354 e. The fourth-order valence-corrected chi connectivity index (χ4v) is 3.68. The summed E-state index contributed by atoms with van der Waals surface area (Å²) in [4.78, 5) is 36.0. The first-order valence-electron chi connectivity index (χ1n) is 13.4. The van der Waals surface area contributed by atoms with Crippen molar-refractivity contribution in [3.8, 4) is 0 Å². The van der Waals surface area contributed by atoms with E-state index in [4.69, 9.17) is 0 Å². The topological polar surface area (TPSA) is 75.3 Å². The summed E-state index contributed by atoms with van der Waals surface area (Å²) in [5.41, 5.74) is -0.108. The maximum atomic E-state index is 12.2. The summed E-state index contributed by atoms with van der Waals surface area (Å²) in [5, 5.41) is 5.54. The van der Waals surface area contributed by atoms with Crippen molar-refractivity contribution in [3.63, 3.8) is 0 Å². The first-order chi connectivity index (χ1) is 15.7. The lowest BCUT2D eigenvalue weighted by Gasteiger charge is -2.20. The van der Waals surface area contributed by atoms with Gasteiger partial charge in [0.2, 0.25) is 11.8 Å². The highest BCUT2D eigenvalue weighted by Gasteiger charge is 2.20. The van der Waals surface area contributed by atoms with Crippen LogP contribution in [-0.4, -0.2) is 30.2 Å². The molecule has 0 saturated heterocycles. The van der Waals surface area contributed by atoms with E-state index >= 15 is 0 Å². The lowest BCUT2D eigenvalue weighted by atomic mass is 9.92. The number of ketones is 1. The summed E-state index contributed by atoms with van der Waals surface area (Å²) < 4.78 is 0. The zero-order valence-electron chi connectivity index (χ0n) is 22.3. The quantitative estimate of drug-likeness (QED) is 0.156. The van der Waals surface area contributed by atoms with E-state index in [0.29, 0.717) is 12.8 Å². The molecule has 5 heteroatoms. The van der Waals surface area contributed by atoms with Crippen molar-refractivity contribution in [3.05, 3.63) is 12.2 Å². The van der Waals surface area contributed by atoms with Gasteiger partial charge in [0.15, 0.2) is 5.78 Å². The highest BCUT2D eigenvalue weighted by atomic mass is 16.2. The molecular formula is C28H52N2O3. The number of unbranched alkanes of at least 4 members (excludes halogenated alkanes) is 11. The second-order valence-electron chi connectivity index (χ2n) is 10.6. The number of carbonyl (C=O) groups is 3. The molecule has 0 fully saturated rings. The maximum Gasteiger partial charge on any atom is 0.220 e. The van der Waals surface area contributed by atoms with Crippen LogP contribution in [0.5, 0.6) is 0 Å². The van der Waals surface area contributed by atoms with Gasteiger partial charge in [0.25, 0.3) is 0 Å². The Morgan fingerprint density at radius 2 is 1.27 bits per heavy atom. The Labute approximate surface area is 203 Å². The largest absolute Gasteiger partial charge is 0.354 e. The molecule has 2 amide bonds. The minimum atomic E-state index is -0.649. The van der Waals surface area contributed by atoms with Crippen molar-refractivity contribution in [2.24, 2.45) is 5.41 Å². The molecule has 0 unspecified atom stereocenters. The van der Waals surface area contributed by atoms with Gasteiger partial charge in [0.1, 0.15) is 6.04 Å². The van der Waals surface area contributed by atoms with Gasteiger partial charge in [-0.05, 0) is 44.4 Å². The van der Waals surface area contributed by atoms with E-state index < -0.39 is 6.04 Å². The predicted octanol–water partition coefficient (Wildman–Crippen LogP) is 6.65. The molecule has 0 spiro atoms. The predicted molar refractivity (Wildman–Crippen MR) is 139 cm³/mol. The average Bonchev–Trinajstić information content (AvgIpc) is 2.72. The summed E-state index contributed by atoms with van der Waals surface area (Å²) in [7, 11) is 0. The molecule has 0 bridgehead atoms. The molecule has 0 saturated carbocycles. The highest BCUT2D eigenvalue weighted by Crippen LogP contribution is 2.17. The SMILES string of the molecule is CCCCCCCC/C=C\CCCCCCCC(=O)N[C@@H](CNC(=O)CC(C)(C)C)C(C)=O. The minimum absolute atomic E-state index is 0.0970. The lowest BCUT2D eigenvalue weighted by molar-refractivity contribution is -0.128. The van der Waals surface area contributed by atoms with Gasteiger partial charge < -0.3 is 10.6 Å². The van der Waals surface area contributed by atoms with Gasteiger partial charge in [-0.25, -0.2) is 0 Å². The van der Waals surface area contributed by atoms with E-state index in [9.17, 15) is 14.4 Å². The third-order valence-corrected chi connectivity index (χ3v) is 5.69. The molecule has 0 heterocycles. The number of allylic oxidation sites excluding steroid dienone is 2. The normalized spacial score (nSPS) is 12.6. The van der Waals surface area contributed by atoms with Crippen LogP contribution >= 0.6 is 0 Å². The second kappa shape index (κ2) is 19.8. The van der Waals surface area contributed by atoms with Crippen LogP contribution < -0.4 is 10.6 Å². The summed E-state index contributed by atoms with van der Waals surface area (Å²) in [5.74, 6) is -0.345. The number of hydrogen-bond donors (Lipinski definition) is 2. The molecule has 33 heavy (non-hydrogen) atoms. The van der Waals surface area contributed by atoms with Crippen LogP contribution in [-0.2, 0) is 14.4 Å². The number of nitrogens with one attached hydrogen (secondary N) is 2. The van der Waals surface area contributed by atoms with E-state index in [0.717, 1.165) is 25.7 Å². The van der Waals surface area contributed by atoms with E-state index in [1.807, 2.05) is 20.8 Å². The Hall–Kier alpha value is -1.65. The van der Waals surface area contributed by atoms with Crippen LogP contribution in [0.15, 0.2) is 12.2 Å². The third-order valence-electron chi connectivity index (χ3n) is 5.69. The molecule has 0 radical (unpaired) electrons. The van der Waals surface area contributed by atoms with Crippen LogP contribution in [0.4, 0.5) is 0 Å². The molecular weight excluding hydrogens is 412 g/mol. The zero-order valence-corrected chi connectivity index (χ0v) is 22.3. The van der Waals surface area contributed by atoms with Gasteiger partial charge in [-0.1, -0.05) is 91.2 Å². The maximum absolute atomic E-state index is 12.2. The van der Waals surface area contributed by atoms with Gasteiger partial charge >= 0.3 is 0 Å². The Kier molecular flexibility index (Phi) is 18.8. The number of hydrogen-bond acceptors (Lipinski definition) is 3. The van der Waals surface area contributed by atoms with Crippen molar-refractivity contribution in [1.29, 1.82) is 0 Å². The van der Waals surface area contributed by atoms with Crippen molar-refractivity contribution in [1.82, 2.24) is 10.6 Å². The van der Waals surface area contributed by atoms with E-state index in [2.05, 4.69) is 29.7 Å². The van der Waals surface area contributed by atoms with Crippen LogP contribution in [0.1, 0.15) is 131 Å². The van der Waals surface area contributed by atoms with Gasteiger partial charge in [-0.3, -0.25) is 14.4 Å². The lowest BCUT2D eigenvalue weighted by Crippen LogP contribution is -2.48. The monoisotopic (exact) mass is 464 g/mol. The molecule has 0 rings (SSSR count). The highest BCUT2D eigenvalue weighted by molar-refractivity contribution is 5.88.